The van der Waals surface area contributed by atoms with E-state index in [1.54, 1.807) is 7.11 Å². The molecule has 0 aliphatic carbocycles. The molecular weight excluding hydrogens is 326 g/mol. The summed E-state index contributed by atoms with van der Waals surface area (Å²) in [6, 6.07) is 0. The average molecular weight is 357 g/mol. The highest BCUT2D eigenvalue weighted by molar-refractivity contribution is 6.01. The molecule has 7 nitrogen and oxygen atoms in total. The predicted octanol–water partition coefficient (Wildman–Crippen LogP) is 2.62. The van der Waals surface area contributed by atoms with Crippen molar-refractivity contribution in [1.82, 2.24) is 5.06 Å². The van der Waals surface area contributed by atoms with Crippen molar-refractivity contribution in [1.29, 1.82) is 0 Å². The second-order valence-corrected chi connectivity index (χ2v) is 7.81. The molecule has 0 unspecified atom stereocenters. The van der Waals surface area contributed by atoms with E-state index < -0.39 is 23.4 Å². The molecule has 1 aliphatic rings. The lowest BCUT2D eigenvalue weighted by Crippen LogP contribution is -2.33. The quantitative estimate of drug-likeness (QED) is 0.529. The predicted molar refractivity (Wildman–Crippen MR) is 91.3 cm³/mol. The van der Waals surface area contributed by atoms with E-state index in [4.69, 9.17) is 14.3 Å². The lowest BCUT2D eigenvalue weighted by molar-refractivity contribution is -0.198. The number of hydrogen-bond donors (Lipinski definition) is 0. The molecule has 2 amide bonds. The number of imide groups is 1. The number of amides is 2. The maximum absolute atomic E-state index is 11.9. The van der Waals surface area contributed by atoms with Gasteiger partial charge in [-0.25, -0.2) is 4.79 Å². The highest BCUT2D eigenvalue weighted by Gasteiger charge is 2.33. The van der Waals surface area contributed by atoms with Crippen LogP contribution in [0.5, 0.6) is 0 Å². The average Bonchev–Trinajstić information content (AvgIpc) is 2.83. The molecule has 1 heterocycles. The lowest BCUT2D eigenvalue weighted by Gasteiger charge is -2.29. The number of rotatable bonds is 11. The molecule has 1 aliphatic heterocycles. The summed E-state index contributed by atoms with van der Waals surface area (Å²) < 4.78 is 11.0. The zero-order valence-electron chi connectivity index (χ0n) is 16.1. The van der Waals surface area contributed by atoms with Crippen LogP contribution in [0.25, 0.3) is 0 Å². The van der Waals surface area contributed by atoms with Gasteiger partial charge in [0.1, 0.15) is 0 Å². The first-order valence-corrected chi connectivity index (χ1v) is 8.76. The molecule has 0 aromatic heterocycles. The van der Waals surface area contributed by atoms with Gasteiger partial charge in [-0.3, -0.25) is 9.59 Å². The molecule has 0 bridgehead atoms. The Bertz CT molecular complexity index is 470. The Morgan fingerprint density at radius 1 is 1.00 bits per heavy atom. The second kappa shape index (κ2) is 9.29. The van der Waals surface area contributed by atoms with Crippen LogP contribution < -0.4 is 0 Å². The van der Waals surface area contributed by atoms with Crippen LogP contribution in [0.1, 0.15) is 66.2 Å². The molecule has 144 valence electrons. The van der Waals surface area contributed by atoms with Crippen LogP contribution in [0, 0.1) is 5.41 Å². The molecular formula is C18H31NO6. The maximum atomic E-state index is 11.9. The number of carbonyl (C=O) groups is 3. The second-order valence-electron chi connectivity index (χ2n) is 7.81. The van der Waals surface area contributed by atoms with E-state index in [1.807, 2.05) is 13.8 Å². The summed E-state index contributed by atoms with van der Waals surface area (Å²) in [4.78, 5) is 39.6. The Morgan fingerprint density at radius 3 is 2.12 bits per heavy atom. The smallest absolute Gasteiger partial charge is 0.333 e. The summed E-state index contributed by atoms with van der Waals surface area (Å²) in [5, 5.41) is 0.578. The fourth-order valence-electron chi connectivity index (χ4n) is 2.39. The van der Waals surface area contributed by atoms with Crippen molar-refractivity contribution in [2.24, 2.45) is 5.41 Å². The van der Waals surface area contributed by atoms with Crippen molar-refractivity contribution >= 4 is 17.8 Å². The van der Waals surface area contributed by atoms with Crippen LogP contribution in [0.4, 0.5) is 0 Å². The van der Waals surface area contributed by atoms with Crippen molar-refractivity contribution < 1.29 is 28.7 Å². The van der Waals surface area contributed by atoms with Crippen LogP contribution >= 0.6 is 0 Å². The first kappa shape index (κ1) is 21.6. The van der Waals surface area contributed by atoms with E-state index in [0.29, 0.717) is 18.1 Å². The third-order valence-electron chi connectivity index (χ3n) is 4.38. The molecule has 1 rings (SSSR count). The topological polar surface area (TPSA) is 82.1 Å². The van der Waals surface area contributed by atoms with Crippen molar-refractivity contribution in [3.8, 4) is 0 Å². The van der Waals surface area contributed by atoms with Crippen molar-refractivity contribution in [2.45, 2.75) is 71.8 Å². The number of methoxy groups -OCH3 is 1. The normalized spacial score (nSPS) is 15.8. The van der Waals surface area contributed by atoms with E-state index in [0.717, 1.165) is 19.4 Å². The molecule has 1 saturated heterocycles. The molecule has 25 heavy (non-hydrogen) atoms. The van der Waals surface area contributed by atoms with Gasteiger partial charge >= 0.3 is 5.97 Å². The molecule has 0 atom stereocenters. The summed E-state index contributed by atoms with van der Waals surface area (Å²) in [7, 11) is 1.69. The Morgan fingerprint density at radius 2 is 1.56 bits per heavy atom. The first-order chi connectivity index (χ1) is 11.6. The van der Waals surface area contributed by atoms with Gasteiger partial charge in [-0.2, -0.15) is 0 Å². The Hall–Kier alpha value is -1.47. The lowest BCUT2D eigenvalue weighted by atomic mass is 9.86. The maximum Gasteiger partial charge on any atom is 0.333 e. The van der Waals surface area contributed by atoms with Gasteiger partial charge in [-0.15, -0.1) is 5.06 Å². The third-order valence-corrected chi connectivity index (χ3v) is 4.38. The van der Waals surface area contributed by atoms with Gasteiger partial charge in [0.15, 0.2) is 0 Å². The highest BCUT2D eigenvalue weighted by Crippen LogP contribution is 2.27. The number of hydroxylamine groups is 2. The van der Waals surface area contributed by atoms with Gasteiger partial charge in [0.05, 0.1) is 12.0 Å². The van der Waals surface area contributed by atoms with Gasteiger partial charge in [0.2, 0.25) is 0 Å². The number of hydrogen-bond acceptors (Lipinski definition) is 6. The Kier molecular flexibility index (Phi) is 8.02. The molecule has 0 saturated carbocycles. The van der Waals surface area contributed by atoms with Crippen molar-refractivity contribution in [3.05, 3.63) is 0 Å². The van der Waals surface area contributed by atoms with Gasteiger partial charge in [0, 0.05) is 33.2 Å². The largest absolute Gasteiger partial charge is 0.385 e. The van der Waals surface area contributed by atoms with E-state index in [1.165, 1.54) is 0 Å². The summed E-state index contributed by atoms with van der Waals surface area (Å²) in [6.07, 6.45) is 2.56. The van der Waals surface area contributed by atoms with Crippen LogP contribution in [0.2, 0.25) is 0 Å². The zero-order chi connectivity index (χ0) is 19.1. The SMILES string of the molecule is COCCC(C)(C)CCOC(C)(C)CCC(=O)ON1C(=O)CCC1=O. The van der Waals surface area contributed by atoms with Crippen molar-refractivity contribution in [3.63, 3.8) is 0 Å². The van der Waals surface area contributed by atoms with Gasteiger partial charge in [0.25, 0.3) is 11.8 Å². The summed E-state index contributed by atoms with van der Waals surface area (Å²) in [5.74, 6) is -1.53. The molecule has 7 heteroatoms. The summed E-state index contributed by atoms with van der Waals surface area (Å²) in [5.41, 5.74) is -0.364. The minimum Gasteiger partial charge on any atom is -0.385 e. The third kappa shape index (κ3) is 7.96. The van der Waals surface area contributed by atoms with Crippen molar-refractivity contribution in [2.75, 3.05) is 20.3 Å². The van der Waals surface area contributed by atoms with E-state index in [9.17, 15) is 14.4 Å². The molecule has 0 aromatic carbocycles. The van der Waals surface area contributed by atoms with Crippen LogP contribution in [0.3, 0.4) is 0 Å². The van der Waals surface area contributed by atoms with Crippen LogP contribution in [-0.2, 0) is 28.7 Å². The minimum absolute atomic E-state index is 0.0805. The van der Waals surface area contributed by atoms with E-state index in [2.05, 4.69) is 13.8 Å². The van der Waals surface area contributed by atoms with Gasteiger partial charge < -0.3 is 14.3 Å². The monoisotopic (exact) mass is 357 g/mol. The Balaban J connectivity index is 2.31. The minimum atomic E-state index is -0.597. The Labute approximate surface area is 149 Å². The summed E-state index contributed by atoms with van der Waals surface area (Å²) in [6.45, 7) is 9.47. The van der Waals surface area contributed by atoms with Crippen LogP contribution in [-0.4, -0.2) is 48.8 Å². The fraction of sp³-hybridized carbons (Fsp3) is 0.833. The van der Waals surface area contributed by atoms with E-state index >= 15 is 0 Å². The highest BCUT2D eigenvalue weighted by atomic mass is 16.7. The molecule has 0 radical (unpaired) electrons. The number of carbonyl (C=O) groups excluding carboxylic acids is 3. The molecule has 1 fully saturated rings. The molecule has 0 N–H and O–H groups in total. The fourth-order valence-corrected chi connectivity index (χ4v) is 2.39. The first-order valence-electron chi connectivity index (χ1n) is 8.76. The number of ether oxygens (including phenoxy) is 2. The summed E-state index contributed by atoms with van der Waals surface area (Å²) >= 11 is 0. The number of nitrogens with zero attached hydrogens (tertiary/aromatic N) is 1. The zero-order valence-corrected chi connectivity index (χ0v) is 16.1. The standard InChI is InChI=1S/C18H31NO6/c1-17(2,10-12-23-5)11-13-24-18(3,4)9-8-16(22)25-19-14(20)6-7-15(19)21/h6-13H2,1-5H3. The van der Waals surface area contributed by atoms with Gasteiger partial charge in [-0.1, -0.05) is 13.8 Å². The van der Waals surface area contributed by atoms with E-state index in [-0.39, 0.29) is 24.7 Å². The van der Waals surface area contributed by atoms with Gasteiger partial charge in [-0.05, 0) is 38.5 Å². The molecule has 0 aromatic rings. The van der Waals surface area contributed by atoms with Crippen LogP contribution in [0.15, 0.2) is 0 Å². The molecule has 0 spiro atoms.